The zero-order valence-corrected chi connectivity index (χ0v) is 19.7. The number of fused-ring (bicyclic) bond motifs is 1. The number of imidazole rings is 1. The van der Waals surface area contributed by atoms with E-state index in [0.29, 0.717) is 35.9 Å². The second-order valence-corrected chi connectivity index (χ2v) is 9.10. The summed E-state index contributed by atoms with van der Waals surface area (Å²) in [6, 6.07) is 17.4. The summed E-state index contributed by atoms with van der Waals surface area (Å²) in [5.74, 6) is 0.420. The van der Waals surface area contributed by atoms with Crippen molar-refractivity contribution in [1.82, 2.24) is 19.3 Å². The number of hydrogen-bond donors (Lipinski definition) is 1. The third-order valence-corrected chi connectivity index (χ3v) is 6.74. The Balaban J connectivity index is 1.44. The molecule has 3 aromatic heterocycles. The van der Waals surface area contributed by atoms with Gasteiger partial charge in [-0.3, -0.25) is 9.20 Å². The first kappa shape index (κ1) is 23.8. The summed E-state index contributed by atoms with van der Waals surface area (Å²) in [5, 5.41) is 3.14. The van der Waals surface area contributed by atoms with Crippen LogP contribution in [0.3, 0.4) is 0 Å². The van der Waals surface area contributed by atoms with Crippen LogP contribution in [0, 0.1) is 5.92 Å². The van der Waals surface area contributed by atoms with Crippen molar-refractivity contribution in [1.29, 1.82) is 0 Å². The molecule has 0 radical (unpaired) electrons. The standard InChI is InChI=1S/C27H26F3N5O/c1-18-8-7-15-34(21(18)17-32-22-13-12-20(16-31-22)27(28,29)30)26(36)25-24(19-9-3-2-4-10-19)33-23-11-5-6-14-35(23)25/h2-6,9-14,16,18,21H,7-8,15,17H2,1H3,(H,31,32)/t18-,21-/m1/s1. The van der Waals surface area contributed by atoms with E-state index in [0.717, 1.165) is 30.7 Å². The SMILES string of the molecule is C[C@@H]1CCCN(C(=O)c2c(-c3ccccc3)nc3ccccn23)[C@@H]1CNc1ccc(C(F)(F)F)cn1. The molecule has 4 aromatic rings. The smallest absolute Gasteiger partial charge is 0.368 e. The molecule has 0 bridgehead atoms. The highest BCUT2D eigenvalue weighted by molar-refractivity contribution is 6.00. The number of piperidine rings is 1. The number of anilines is 1. The van der Waals surface area contributed by atoms with Crippen LogP contribution in [0.2, 0.25) is 0 Å². The third kappa shape index (κ3) is 4.65. The molecule has 1 amide bonds. The molecule has 1 aromatic carbocycles. The molecular weight excluding hydrogens is 467 g/mol. The normalized spacial score (nSPS) is 18.4. The number of aromatic nitrogens is 3. The van der Waals surface area contributed by atoms with Gasteiger partial charge in [0.25, 0.3) is 5.91 Å². The van der Waals surface area contributed by atoms with Gasteiger partial charge in [0, 0.05) is 31.0 Å². The summed E-state index contributed by atoms with van der Waals surface area (Å²) in [5.41, 5.74) is 1.88. The van der Waals surface area contributed by atoms with E-state index < -0.39 is 11.7 Å². The molecule has 0 saturated carbocycles. The Kier molecular flexibility index (Phi) is 6.38. The number of nitrogens with one attached hydrogen (secondary N) is 1. The Bertz CT molecular complexity index is 1350. The van der Waals surface area contributed by atoms with Gasteiger partial charge >= 0.3 is 6.18 Å². The van der Waals surface area contributed by atoms with Gasteiger partial charge in [0.2, 0.25) is 0 Å². The van der Waals surface area contributed by atoms with Crippen LogP contribution in [0.1, 0.15) is 35.8 Å². The molecule has 4 heterocycles. The highest BCUT2D eigenvalue weighted by Gasteiger charge is 2.35. The first-order valence-electron chi connectivity index (χ1n) is 11.9. The summed E-state index contributed by atoms with van der Waals surface area (Å²) < 4.78 is 40.5. The van der Waals surface area contributed by atoms with Gasteiger partial charge in [-0.2, -0.15) is 13.2 Å². The van der Waals surface area contributed by atoms with Gasteiger partial charge in [-0.25, -0.2) is 9.97 Å². The Morgan fingerprint density at radius 2 is 1.86 bits per heavy atom. The molecule has 0 unspecified atom stereocenters. The monoisotopic (exact) mass is 493 g/mol. The van der Waals surface area contributed by atoms with E-state index >= 15 is 0 Å². The highest BCUT2D eigenvalue weighted by Crippen LogP contribution is 2.31. The van der Waals surface area contributed by atoms with Crippen LogP contribution in [0.25, 0.3) is 16.9 Å². The van der Waals surface area contributed by atoms with Crippen molar-refractivity contribution in [3.8, 4) is 11.3 Å². The lowest BCUT2D eigenvalue weighted by atomic mass is 9.90. The van der Waals surface area contributed by atoms with Crippen LogP contribution in [-0.4, -0.2) is 44.3 Å². The Hall–Kier alpha value is -3.88. The number of benzene rings is 1. The molecule has 9 heteroatoms. The molecule has 1 saturated heterocycles. The fourth-order valence-corrected chi connectivity index (χ4v) is 4.82. The van der Waals surface area contributed by atoms with E-state index in [9.17, 15) is 18.0 Å². The topological polar surface area (TPSA) is 62.5 Å². The predicted molar refractivity (Wildman–Crippen MR) is 132 cm³/mol. The molecule has 1 aliphatic heterocycles. The number of carbonyl (C=O) groups excluding carboxylic acids is 1. The van der Waals surface area contributed by atoms with E-state index in [2.05, 4.69) is 17.2 Å². The first-order chi connectivity index (χ1) is 17.3. The minimum atomic E-state index is -4.43. The summed E-state index contributed by atoms with van der Waals surface area (Å²) in [6.07, 6.45) is 0.0561. The minimum absolute atomic E-state index is 0.119. The third-order valence-electron chi connectivity index (χ3n) is 6.74. The van der Waals surface area contributed by atoms with Crippen molar-refractivity contribution in [2.45, 2.75) is 32.0 Å². The zero-order valence-electron chi connectivity index (χ0n) is 19.7. The van der Waals surface area contributed by atoms with Crippen LogP contribution in [0.4, 0.5) is 19.0 Å². The lowest BCUT2D eigenvalue weighted by molar-refractivity contribution is -0.137. The molecule has 0 aliphatic carbocycles. The summed E-state index contributed by atoms with van der Waals surface area (Å²) in [6.45, 7) is 3.06. The van der Waals surface area contributed by atoms with Crippen LogP contribution >= 0.6 is 0 Å². The molecular formula is C27H26F3N5O. The first-order valence-corrected chi connectivity index (χ1v) is 11.9. The fourth-order valence-electron chi connectivity index (χ4n) is 4.82. The van der Waals surface area contributed by atoms with Crippen molar-refractivity contribution in [3.05, 3.63) is 84.3 Å². The average molecular weight is 494 g/mol. The summed E-state index contributed by atoms with van der Waals surface area (Å²) in [7, 11) is 0. The number of hydrogen-bond acceptors (Lipinski definition) is 4. The van der Waals surface area contributed by atoms with Gasteiger partial charge in [0.15, 0.2) is 0 Å². The van der Waals surface area contributed by atoms with E-state index in [1.54, 1.807) is 0 Å². The van der Waals surface area contributed by atoms with Gasteiger partial charge in [-0.05, 0) is 43.0 Å². The Morgan fingerprint density at radius 1 is 1.08 bits per heavy atom. The second kappa shape index (κ2) is 9.64. The maximum atomic E-state index is 14.1. The van der Waals surface area contributed by atoms with Crippen LogP contribution in [0.5, 0.6) is 0 Å². The van der Waals surface area contributed by atoms with Gasteiger partial charge in [0.1, 0.15) is 22.9 Å². The van der Waals surface area contributed by atoms with Crippen LogP contribution in [-0.2, 0) is 6.18 Å². The van der Waals surface area contributed by atoms with E-state index in [4.69, 9.17) is 4.98 Å². The number of nitrogens with zero attached hydrogens (tertiary/aromatic N) is 4. The van der Waals surface area contributed by atoms with Crippen molar-refractivity contribution in [3.63, 3.8) is 0 Å². The lowest BCUT2D eigenvalue weighted by Crippen LogP contribution is -2.51. The second-order valence-electron chi connectivity index (χ2n) is 9.10. The van der Waals surface area contributed by atoms with E-state index in [1.165, 1.54) is 6.07 Å². The van der Waals surface area contributed by atoms with Gasteiger partial charge in [0.05, 0.1) is 11.6 Å². The van der Waals surface area contributed by atoms with Crippen molar-refractivity contribution < 1.29 is 18.0 Å². The zero-order chi connectivity index (χ0) is 25.3. The summed E-state index contributed by atoms with van der Waals surface area (Å²) >= 11 is 0. The van der Waals surface area contributed by atoms with Gasteiger partial charge < -0.3 is 10.2 Å². The number of alkyl halides is 3. The number of halogens is 3. The molecule has 5 rings (SSSR count). The van der Waals surface area contributed by atoms with Crippen molar-refractivity contribution in [2.75, 3.05) is 18.4 Å². The molecule has 6 nitrogen and oxygen atoms in total. The maximum absolute atomic E-state index is 14.1. The highest BCUT2D eigenvalue weighted by atomic mass is 19.4. The van der Waals surface area contributed by atoms with Gasteiger partial charge in [-0.1, -0.05) is 43.3 Å². The number of amides is 1. The summed E-state index contributed by atoms with van der Waals surface area (Å²) in [4.78, 5) is 24.6. The van der Waals surface area contributed by atoms with Crippen LogP contribution in [0.15, 0.2) is 73.1 Å². The molecule has 186 valence electrons. The number of likely N-dealkylation sites (tertiary alicyclic amines) is 1. The molecule has 36 heavy (non-hydrogen) atoms. The molecule has 1 aliphatic rings. The maximum Gasteiger partial charge on any atom is 0.417 e. The minimum Gasteiger partial charge on any atom is -0.368 e. The molecule has 0 spiro atoms. The largest absolute Gasteiger partial charge is 0.417 e. The molecule has 1 fully saturated rings. The van der Waals surface area contributed by atoms with Crippen molar-refractivity contribution >= 4 is 17.4 Å². The Morgan fingerprint density at radius 3 is 2.58 bits per heavy atom. The molecule has 2 atom stereocenters. The van der Waals surface area contributed by atoms with Gasteiger partial charge in [-0.15, -0.1) is 0 Å². The Labute approximate surface area is 206 Å². The van der Waals surface area contributed by atoms with Crippen molar-refractivity contribution in [2.24, 2.45) is 5.92 Å². The van der Waals surface area contributed by atoms with E-state index in [1.807, 2.05) is 64.0 Å². The number of rotatable bonds is 5. The average Bonchev–Trinajstić information content (AvgIpc) is 3.27. The number of pyridine rings is 2. The lowest BCUT2D eigenvalue weighted by Gasteiger charge is -2.40. The van der Waals surface area contributed by atoms with E-state index in [-0.39, 0.29) is 17.9 Å². The predicted octanol–water partition coefficient (Wildman–Crippen LogP) is 5.77. The number of carbonyl (C=O) groups is 1. The van der Waals surface area contributed by atoms with Crippen LogP contribution < -0.4 is 5.32 Å². The quantitative estimate of drug-likeness (QED) is 0.384. The molecule has 1 N–H and O–H groups in total. The fraction of sp³-hybridized carbons (Fsp3) is 0.296.